The Hall–Kier alpha value is -1.94. The summed E-state index contributed by atoms with van der Waals surface area (Å²) in [5.74, 6) is 0.320. The highest BCUT2D eigenvalue weighted by atomic mass is 32.2. The van der Waals surface area contributed by atoms with E-state index in [-0.39, 0.29) is 29.9 Å². The molecule has 1 heterocycles. The Morgan fingerprint density at radius 2 is 2.11 bits per heavy atom. The summed E-state index contributed by atoms with van der Waals surface area (Å²) >= 11 is 0. The standard InChI is InChI=1S/C19H26N2O6S/c1-26-14-6-3-7-16(10-14)28(24,25)21-17-9-8-15(27-18(17)12-22)11-19(23)20-13-4-2-5-13/h3,6-10,13,15,17-18,21-22H,2,4-5,11-12H2,1H3,(H,20,23)/t15-,17+,18-/m0/s1. The van der Waals surface area contributed by atoms with Crippen molar-refractivity contribution in [2.45, 2.75) is 54.9 Å². The first-order valence-electron chi connectivity index (χ1n) is 9.31. The zero-order chi connectivity index (χ0) is 20.1. The van der Waals surface area contributed by atoms with Crippen molar-refractivity contribution in [1.29, 1.82) is 0 Å². The molecule has 1 aliphatic carbocycles. The maximum atomic E-state index is 12.6. The lowest BCUT2D eigenvalue weighted by Crippen LogP contribution is -2.49. The van der Waals surface area contributed by atoms with Gasteiger partial charge in [-0.3, -0.25) is 4.79 Å². The summed E-state index contributed by atoms with van der Waals surface area (Å²) in [5, 5.41) is 12.6. The van der Waals surface area contributed by atoms with Crippen molar-refractivity contribution >= 4 is 15.9 Å². The maximum absolute atomic E-state index is 12.6. The van der Waals surface area contributed by atoms with Crippen LogP contribution in [0.25, 0.3) is 0 Å². The molecule has 154 valence electrons. The van der Waals surface area contributed by atoms with E-state index in [9.17, 15) is 18.3 Å². The monoisotopic (exact) mass is 410 g/mol. The lowest BCUT2D eigenvalue weighted by Gasteiger charge is -2.32. The van der Waals surface area contributed by atoms with Gasteiger partial charge in [-0.05, 0) is 31.4 Å². The van der Waals surface area contributed by atoms with Gasteiger partial charge in [0.05, 0.1) is 37.2 Å². The fourth-order valence-electron chi connectivity index (χ4n) is 3.15. The highest BCUT2D eigenvalue weighted by Crippen LogP contribution is 2.22. The van der Waals surface area contributed by atoms with Crippen molar-refractivity contribution in [2.75, 3.05) is 13.7 Å². The average Bonchev–Trinajstić information content (AvgIpc) is 2.65. The Kier molecular flexibility index (Phi) is 6.71. The third kappa shape index (κ3) is 5.11. The van der Waals surface area contributed by atoms with Gasteiger partial charge in [0, 0.05) is 12.1 Å². The molecule has 1 aromatic rings. The molecule has 3 atom stereocenters. The molecular weight excluding hydrogens is 384 g/mol. The number of sulfonamides is 1. The van der Waals surface area contributed by atoms with E-state index in [1.54, 1.807) is 24.3 Å². The van der Waals surface area contributed by atoms with Gasteiger partial charge in [0.2, 0.25) is 15.9 Å². The van der Waals surface area contributed by atoms with Crippen molar-refractivity contribution < 1.29 is 27.8 Å². The number of benzene rings is 1. The number of hydrogen-bond acceptors (Lipinski definition) is 6. The lowest BCUT2D eigenvalue weighted by atomic mass is 9.93. The van der Waals surface area contributed by atoms with Gasteiger partial charge in [-0.2, -0.15) is 0 Å². The Bertz CT molecular complexity index is 821. The minimum atomic E-state index is -3.84. The summed E-state index contributed by atoms with van der Waals surface area (Å²) in [6.07, 6.45) is 5.27. The molecule has 28 heavy (non-hydrogen) atoms. The van der Waals surface area contributed by atoms with Crippen molar-refractivity contribution in [3.63, 3.8) is 0 Å². The molecule has 0 aromatic heterocycles. The van der Waals surface area contributed by atoms with Crippen LogP contribution in [0.15, 0.2) is 41.3 Å². The first-order chi connectivity index (χ1) is 13.4. The second-order valence-corrected chi connectivity index (χ2v) is 8.72. The molecule has 0 saturated heterocycles. The number of aliphatic hydroxyl groups excluding tert-OH is 1. The maximum Gasteiger partial charge on any atom is 0.241 e. The van der Waals surface area contributed by atoms with E-state index < -0.39 is 28.3 Å². The average molecular weight is 410 g/mol. The lowest BCUT2D eigenvalue weighted by molar-refractivity contribution is -0.126. The predicted molar refractivity (Wildman–Crippen MR) is 102 cm³/mol. The molecular formula is C19H26N2O6S. The predicted octanol–water partition coefficient (Wildman–Crippen LogP) is 0.717. The molecule has 0 bridgehead atoms. The second-order valence-electron chi connectivity index (χ2n) is 7.01. The van der Waals surface area contributed by atoms with Crippen LogP contribution in [0, 0.1) is 0 Å². The van der Waals surface area contributed by atoms with E-state index in [2.05, 4.69) is 10.0 Å². The van der Waals surface area contributed by atoms with Gasteiger partial charge < -0.3 is 19.9 Å². The molecule has 0 unspecified atom stereocenters. The van der Waals surface area contributed by atoms with Gasteiger partial charge in [-0.25, -0.2) is 13.1 Å². The van der Waals surface area contributed by atoms with Gasteiger partial charge in [-0.15, -0.1) is 0 Å². The summed E-state index contributed by atoms with van der Waals surface area (Å²) in [5.41, 5.74) is 0. The zero-order valence-electron chi connectivity index (χ0n) is 15.7. The van der Waals surface area contributed by atoms with Gasteiger partial charge in [-0.1, -0.05) is 18.2 Å². The molecule has 1 fully saturated rings. The smallest absolute Gasteiger partial charge is 0.241 e. The van der Waals surface area contributed by atoms with Crippen LogP contribution in [0.3, 0.4) is 0 Å². The Morgan fingerprint density at radius 1 is 1.32 bits per heavy atom. The molecule has 0 radical (unpaired) electrons. The van der Waals surface area contributed by atoms with Crippen LogP contribution in [-0.2, 0) is 19.6 Å². The van der Waals surface area contributed by atoms with Gasteiger partial charge >= 0.3 is 0 Å². The summed E-state index contributed by atoms with van der Waals surface area (Å²) in [7, 11) is -2.38. The number of carbonyl (C=O) groups excluding carboxylic acids is 1. The molecule has 1 aliphatic heterocycles. The van der Waals surface area contributed by atoms with E-state index in [0.717, 1.165) is 19.3 Å². The van der Waals surface area contributed by atoms with E-state index in [0.29, 0.717) is 5.75 Å². The summed E-state index contributed by atoms with van der Waals surface area (Å²) < 4.78 is 38.6. The fourth-order valence-corrected chi connectivity index (χ4v) is 4.40. The number of methoxy groups -OCH3 is 1. The highest BCUT2D eigenvalue weighted by Gasteiger charge is 2.32. The number of amides is 1. The fraction of sp³-hybridized carbons (Fsp3) is 0.526. The number of nitrogens with one attached hydrogen (secondary N) is 2. The number of hydrogen-bond donors (Lipinski definition) is 3. The van der Waals surface area contributed by atoms with Crippen LogP contribution in [-0.4, -0.2) is 57.4 Å². The quantitative estimate of drug-likeness (QED) is 0.544. The van der Waals surface area contributed by atoms with E-state index in [1.807, 2.05) is 0 Å². The molecule has 1 aromatic carbocycles. The molecule has 3 rings (SSSR count). The van der Waals surface area contributed by atoms with Crippen LogP contribution >= 0.6 is 0 Å². The van der Waals surface area contributed by atoms with Crippen LogP contribution < -0.4 is 14.8 Å². The largest absolute Gasteiger partial charge is 0.497 e. The number of carbonyl (C=O) groups is 1. The second kappa shape index (κ2) is 9.04. The Morgan fingerprint density at radius 3 is 2.75 bits per heavy atom. The third-order valence-corrected chi connectivity index (χ3v) is 6.42. The Balaban J connectivity index is 1.64. The first-order valence-corrected chi connectivity index (χ1v) is 10.8. The zero-order valence-corrected chi connectivity index (χ0v) is 16.5. The van der Waals surface area contributed by atoms with Crippen molar-refractivity contribution in [1.82, 2.24) is 10.0 Å². The van der Waals surface area contributed by atoms with Crippen LogP contribution in [0.2, 0.25) is 0 Å². The topological polar surface area (TPSA) is 114 Å². The molecule has 9 heteroatoms. The highest BCUT2D eigenvalue weighted by molar-refractivity contribution is 7.89. The summed E-state index contributed by atoms with van der Waals surface area (Å²) in [6, 6.07) is 5.61. The number of ether oxygens (including phenoxy) is 2. The minimum absolute atomic E-state index is 0.0546. The van der Waals surface area contributed by atoms with Crippen LogP contribution in [0.4, 0.5) is 0 Å². The molecule has 1 saturated carbocycles. The van der Waals surface area contributed by atoms with E-state index in [1.165, 1.54) is 19.2 Å². The molecule has 3 N–H and O–H groups in total. The van der Waals surface area contributed by atoms with E-state index >= 15 is 0 Å². The van der Waals surface area contributed by atoms with Crippen LogP contribution in [0.1, 0.15) is 25.7 Å². The van der Waals surface area contributed by atoms with Gasteiger partial charge in [0.1, 0.15) is 11.9 Å². The minimum Gasteiger partial charge on any atom is -0.497 e. The summed E-state index contributed by atoms with van der Waals surface area (Å²) in [6.45, 7) is -0.379. The van der Waals surface area contributed by atoms with Crippen molar-refractivity contribution in [2.24, 2.45) is 0 Å². The third-order valence-electron chi connectivity index (χ3n) is 4.96. The first kappa shape index (κ1) is 20.8. The molecule has 2 aliphatic rings. The normalized spacial score (nSPS) is 25.1. The van der Waals surface area contributed by atoms with Gasteiger partial charge in [0.25, 0.3) is 0 Å². The van der Waals surface area contributed by atoms with Crippen molar-refractivity contribution in [3.05, 3.63) is 36.4 Å². The molecule has 8 nitrogen and oxygen atoms in total. The Labute approximate surface area is 165 Å². The SMILES string of the molecule is COc1cccc(S(=O)(=O)N[C@@H]2C=C[C@@H](CC(=O)NC3CCC3)O[C@H]2CO)c1. The molecule has 1 amide bonds. The van der Waals surface area contributed by atoms with Crippen molar-refractivity contribution in [3.8, 4) is 5.75 Å². The van der Waals surface area contributed by atoms with Crippen LogP contribution in [0.5, 0.6) is 5.75 Å². The number of aliphatic hydroxyl groups is 1. The number of rotatable bonds is 8. The molecule has 0 spiro atoms. The van der Waals surface area contributed by atoms with Gasteiger partial charge in [0.15, 0.2) is 0 Å². The van der Waals surface area contributed by atoms with E-state index in [4.69, 9.17) is 9.47 Å². The summed E-state index contributed by atoms with van der Waals surface area (Å²) in [4.78, 5) is 12.1.